The Morgan fingerprint density at radius 1 is 1.21 bits per heavy atom. The van der Waals surface area contributed by atoms with E-state index in [1.165, 1.54) is 12.1 Å². The molecule has 6 heteroatoms. The third-order valence-electron chi connectivity index (χ3n) is 3.27. The maximum Gasteiger partial charge on any atom is 0.264 e. The third-order valence-corrected chi connectivity index (χ3v) is 3.27. The monoisotopic (exact) mass is 326 g/mol. The minimum Gasteiger partial charge on any atom is -0.484 e. The normalized spacial score (nSPS) is 10.4. The lowest BCUT2D eigenvalue weighted by Gasteiger charge is -2.05. The van der Waals surface area contributed by atoms with Crippen LogP contribution in [-0.2, 0) is 4.79 Å². The number of hydrogen-bond donors (Lipinski definition) is 1. The summed E-state index contributed by atoms with van der Waals surface area (Å²) in [6.07, 6.45) is 0. The lowest BCUT2D eigenvalue weighted by molar-refractivity contribution is -0.118. The lowest BCUT2D eigenvalue weighted by atomic mass is 10.1. The van der Waals surface area contributed by atoms with E-state index in [1.807, 2.05) is 25.1 Å². The molecule has 0 saturated carbocycles. The second-order valence-electron chi connectivity index (χ2n) is 5.24. The summed E-state index contributed by atoms with van der Waals surface area (Å²) < 4.78 is 23.4. The molecule has 1 N–H and O–H groups in total. The molecule has 0 fully saturated rings. The largest absolute Gasteiger partial charge is 0.484 e. The second-order valence-corrected chi connectivity index (χ2v) is 5.24. The smallest absolute Gasteiger partial charge is 0.264 e. The SMILES string of the molecule is Cc1cccc(OCC(=O)Nc2cc(-c3ccc(F)cc3)no2)c1. The molecule has 0 atom stereocenters. The summed E-state index contributed by atoms with van der Waals surface area (Å²) in [7, 11) is 0. The van der Waals surface area contributed by atoms with Crippen molar-refractivity contribution < 1.29 is 18.4 Å². The molecule has 0 aliphatic heterocycles. The quantitative estimate of drug-likeness (QED) is 0.774. The molecule has 0 aliphatic rings. The van der Waals surface area contributed by atoms with Gasteiger partial charge in [-0.15, -0.1) is 0 Å². The van der Waals surface area contributed by atoms with Crippen LogP contribution in [0.25, 0.3) is 11.3 Å². The fourth-order valence-electron chi connectivity index (χ4n) is 2.12. The van der Waals surface area contributed by atoms with Crippen molar-refractivity contribution in [2.45, 2.75) is 6.92 Å². The van der Waals surface area contributed by atoms with Crippen LogP contribution in [0.15, 0.2) is 59.1 Å². The van der Waals surface area contributed by atoms with Crippen molar-refractivity contribution in [3.63, 3.8) is 0 Å². The van der Waals surface area contributed by atoms with Crippen LogP contribution in [0.5, 0.6) is 5.75 Å². The minimum absolute atomic E-state index is 0.143. The summed E-state index contributed by atoms with van der Waals surface area (Å²) in [5, 5.41) is 6.41. The Bertz CT molecular complexity index is 843. The Hall–Kier alpha value is -3.15. The van der Waals surface area contributed by atoms with E-state index in [2.05, 4.69) is 10.5 Å². The van der Waals surface area contributed by atoms with Crippen LogP contribution in [0.2, 0.25) is 0 Å². The molecule has 0 spiro atoms. The van der Waals surface area contributed by atoms with Gasteiger partial charge in [0.15, 0.2) is 6.61 Å². The van der Waals surface area contributed by atoms with Crippen molar-refractivity contribution >= 4 is 11.8 Å². The van der Waals surface area contributed by atoms with Crippen LogP contribution in [0.4, 0.5) is 10.3 Å². The zero-order valence-electron chi connectivity index (χ0n) is 13.0. The highest BCUT2D eigenvalue weighted by Gasteiger charge is 2.10. The zero-order valence-corrected chi connectivity index (χ0v) is 13.0. The molecule has 0 radical (unpaired) electrons. The molecule has 1 heterocycles. The molecule has 0 saturated heterocycles. The Kier molecular flexibility index (Phi) is 4.56. The molecule has 24 heavy (non-hydrogen) atoms. The second kappa shape index (κ2) is 6.95. The third kappa shape index (κ3) is 3.98. The number of aromatic nitrogens is 1. The van der Waals surface area contributed by atoms with Crippen molar-refractivity contribution in [2.75, 3.05) is 11.9 Å². The van der Waals surface area contributed by atoms with Gasteiger partial charge in [0.05, 0.1) is 0 Å². The molecular formula is C18H15FN2O3. The minimum atomic E-state index is -0.363. The highest BCUT2D eigenvalue weighted by Crippen LogP contribution is 2.22. The van der Waals surface area contributed by atoms with E-state index in [0.717, 1.165) is 5.56 Å². The van der Waals surface area contributed by atoms with E-state index in [1.54, 1.807) is 24.3 Å². The first-order valence-electron chi connectivity index (χ1n) is 7.32. The number of amides is 1. The first-order valence-corrected chi connectivity index (χ1v) is 7.32. The average Bonchev–Trinajstić information content (AvgIpc) is 3.02. The summed E-state index contributed by atoms with van der Waals surface area (Å²) in [5.74, 6) is 0.129. The van der Waals surface area contributed by atoms with Gasteiger partial charge in [-0.25, -0.2) is 4.39 Å². The number of carbonyl (C=O) groups excluding carboxylic acids is 1. The molecule has 3 rings (SSSR count). The van der Waals surface area contributed by atoms with Gasteiger partial charge in [-0.05, 0) is 48.9 Å². The van der Waals surface area contributed by atoms with E-state index < -0.39 is 0 Å². The summed E-state index contributed by atoms with van der Waals surface area (Å²) in [5.41, 5.74) is 2.24. The van der Waals surface area contributed by atoms with Gasteiger partial charge in [0, 0.05) is 11.6 Å². The molecule has 3 aromatic rings. The first-order chi connectivity index (χ1) is 11.6. The van der Waals surface area contributed by atoms with Crippen molar-refractivity contribution in [3.05, 3.63) is 66.0 Å². The van der Waals surface area contributed by atoms with E-state index in [4.69, 9.17) is 9.26 Å². The highest BCUT2D eigenvalue weighted by atomic mass is 19.1. The molecule has 2 aromatic carbocycles. The number of rotatable bonds is 5. The number of halogens is 1. The number of nitrogens with zero attached hydrogens (tertiary/aromatic N) is 1. The molecule has 0 unspecified atom stereocenters. The van der Waals surface area contributed by atoms with Gasteiger partial charge in [0.25, 0.3) is 5.91 Å². The standard InChI is InChI=1S/C18H15FN2O3/c1-12-3-2-4-15(9-12)23-11-17(22)20-18-10-16(21-24-18)13-5-7-14(19)8-6-13/h2-10H,11H2,1H3,(H,20,22). The number of anilines is 1. The van der Waals surface area contributed by atoms with Crippen molar-refractivity contribution in [1.29, 1.82) is 0 Å². The topological polar surface area (TPSA) is 64.4 Å². The van der Waals surface area contributed by atoms with Gasteiger partial charge in [-0.3, -0.25) is 10.1 Å². The Labute approximate surface area is 138 Å². The molecule has 1 aromatic heterocycles. The van der Waals surface area contributed by atoms with E-state index >= 15 is 0 Å². The van der Waals surface area contributed by atoms with Crippen molar-refractivity contribution in [1.82, 2.24) is 5.16 Å². The van der Waals surface area contributed by atoms with Crippen LogP contribution in [0, 0.1) is 12.7 Å². The van der Waals surface area contributed by atoms with Crippen molar-refractivity contribution in [2.24, 2.45) is 0 Å². The molecule has 5 nitrogen and oxygen atoms in total. The summed E-state index contributed by atoms with van der Waals surface area (Å²) in [6.45, 7) is 1.80. The number of hydrogen-bond acceptors (Lipinski definition) is 4. The number of carbonyl (C=O) groups is 1. The number of aryl methyl sites for hydroxylation is 1. The average molecular weight is 326 g/mol. The Morgan fingerprint density at radius 2 is 2.00 bits per heavy atom. The molecule has 0 bridgehead atoms. The molecule has 122 valence electrons. The lowest BCUT2D eigenvalue weighted by Crippen LogP contribution is -2.19. The summed E-state index contributed by atoms with van der Waals surface area (Å²) in [4.78, 5) is 11.9. The molecular weight excluding hydrogens is 311 g/mol. The van der Waals surface area contributed by atoms with Crippen LogP contribution >= 0.6 is 0 Å². The summed E-state index contributed by atoms with van der Waals surface area (Å²) in [6, 6.07) is 14.8. The van der Waals surface area contributed by atoms with Gasteiger partial charge in [0.1, 0.15) is 17.3 Å². The maximum absolute atomic E-state index is 12.9. The molecule has 1 amide bonds. The van der Waals surface area contributed by atoms with Crippen LogP contribution in [-0.4, -0.2) is 17.7 Å². The zero-order chi connectivity index (χ0) is 16.9. The summed E-state index contributed by atoms with van der Waals surface area (Å²) >= 11 is 0. The Balaban J connectivity index is 1.58. The van der Waals surface area contributed by atoms with Crippen LogP contribution in [0.1, 0.15) is 5.56 Å². The van der Waals surface area contributed by atoms with Gasteiger partial charge >= 0.3 is 0 Å². The number of ether oxygens (including phenoxy) is 1. The van der Waals surface area contributed by atoms with Gasteiger partial charge in [-0.1, -0.05) is 17.3 Å². The Morgan fingerprint density at radius 3 is 2.75 bits per heavy atom. The van der Waals surface area contributed by atoms with E-state index in [-0.39, 0.29) is 24.2 Å². The maximum atomic E-state index is 12.9. The van der Waals surface area contributed by atoms with E-state index in [0.29, 0.717) is 17.0 Å². The first kappa shape index (κ1) is 15.7. The fraction of sp³-hybridized carbons (Fsp3) is 0.111. The predicted octanol–water partition coefficient (Wildman–Crippen LogP) is 3.81. The number of benzene rings is 2. The molecule has 0 aliphatic carbocycles. The van der Waals surface area contributed by atoms with Crippen LogP contribution < -0.4 is 10.1 Å². The predicted molar refractivity (Wildman–Crippen MR) is 87.2 cm³/mol. The van der Waals surface area contributed by atoms with Gasteiger partial charge in [-0.2, -0.15) is 0 Å². The van der Waals surface area contributed by atoms with Gasteiger partial charge in [0.2, 0.25) is 5.88 Å². The number of nitrogens with one attached hydrogen (secondary N) is 1. The highest BCUT2D eigenvalue weighted by molar-refractivity contribution is 5.91. The fourth-order valence-corrected chi connectivity index (χ4v) is 2.12. The van der Waals surface area contributed by atoms with Crippen molar-refractivity contribution in [3.8, 4) is 17.0 Å². The van der Waals surface area contributed by atoms with E-state index in [9.17, 15) is 9.18 Å². The van der Waals surface area contributed by atoms with Gasteiger partial charge < -0.3 is 9.26 Å². The van der Waals surface area contributed by atoms with Crippen LogP contribution in [0.3, 0.4) is 0 Å².